The van der Waals surface area contributed by atoms with Gasteiger partial charge in [0, 0.05) is 18.0 Å². The first-order chi connectivity index (χ1) is 11.3. The van der Waals surface area contributed by atoms with Crippen molar-refractivity contribution in [1.82, 2.24) is 14.4 Å². The van der Waals surface area contributed by atoms with E-state index in [4.69, 9.17) is 12.2 Å². The van der Waals surface area contributed by atoms with Gasteiger partial charge in [-0.25, -0.2) is 4.98 Å². The van der Waals surface area contributed by atoms with Gasteiger partial charge in [-0.3, -0.25) is 9.38 Å². The summed E-state index contributed by atoms with van der Waals surface area (Å²) in [6.45, 7) is 0. The topological polar surface area (TPSA) is 56.2 Å². The molecule has 0 amide bonds. The molecule has 0 saturated heterocycles. The molecular formula is C18H12N4S. The molecule has 3 aromatic heterocycles. The first kappa shape index (κ1) is 13.6. The molecule has 0 spiro atoms. The Hall–Kier alpha value is -3.10. The fraction of sp³-hybridized carbons (Fsp3) is 0. The summed E-state index contributed by atoms with van der Waals surface area (Å²) in [5, 5.41) is 1.94. The Labute approximate surface area is 137 Å². The summed E-state index contributed by atoms with van der Waals surface area (Å²) in [6.07, 6.45) is 10.6. The highest BCUT2D eigenvalue weighted by Gasteiger charge is 2.14. The van der Waals surface area contributed by atoms with Gasteiger partial charge in [-0.2, -0.15) is 0 Å². The first-order valence-corrected chi connectivity index (χ1v) is 7.88. The molecule has 0 aromatic carbocycles. The molecule has 5 heteroatoms. The number of hydrogen-bond donors (Lipinski definition) is 1. The summed E-state index contributed by atoms with van der Waals surface area (Å²) in [5.41, 5.74) is 11.2. The van der Waals surface area contributed by atoms with Gasteiger partial charge in [-0.05, 0) is 28.6 Å². The Morgan fingerprint density at radius 3 is 2.65 bits per heavy atom. The molecule has 4 nitrogen and oxygen atoms in total. The number of nitrogen functional groups attached to an aromatic ring is 1. The molecule has 2 aliphatic rings. The second-order valence-electron chi connectivity index (χ2n) is 5.04. The van der Waals surface area contributed by atoms with Crippen LogP contribution in [0.4, 0.5) is 5.82 Å². The van der Waals surface area contributed by atoms with Gasteiger partial charge in [0.15, 0.2) is 5.65 Å². The summed E-state index contributed by atoms with van der Waals surface area (Å²) in [7, 11) is 0. The summed E-state index contributed by atoms with van der Waals surface area (Å²) >= 11 is 1.54. The molecule has 110 valence electrons. The van der Waals surface area contributed by atoms with Crippen LogP contribution in [0.25, 0.3) is 27.3 Å². The zero-order valence-corrected chi connectivity index (χ0v) is 12.9. The monoisotopic (exact) mass is 316 g/mol. The second-order valence-corrected chi connectivity index (χ2v) is 5.95. The Morgan fingerprint density at radius 2 is 2.04 bits per heavy atom. The Balaban J connectivity index is 0.000000186. The summed E-state index contributed by atoms with van der Waals surface area (Å²) < 4.78 is 1.79. The Bertz CT molecular complexity index is 1040. The highest BCUT2D eigenvalue weighted by Crippen LogP contribution is 2.33. The number of aromatic nitrogens is 3. The largest absolute Gasteiger partial charge is 0.383 e. The van der Waals surface area contributed by atoms with E-state index in [1.165, 1.54) is 22.5 Å². The van der Waals surface area contributed by atoms with Crippen molar-refractivity contribution >= 4 is 22.8 Å². The molecule has 0 aliphatic heterocycles. The average molecular weight is 316 g/mol. The fourth-order valence-corrected chi connectivity index (χ4v) is 3.23. The van der Waals surface area contributed by atoms with E-state index in [2.05, 4.69) is 40.2 Å². The number of fused-ring (bicyclic) bond motifs is 2. The van der Waals surface area contributed by atoms with E-state index in [9.17, 15) is 0 Å². The third-order valence-electron chi connectivity index (χ3n) is 3.62. The molecule has 0 saturated carbocycles. The van der Waals surface area contributed by atoms with Gasteiger partial charge in [0.05, 0.1) is 11.1 Å². The lowest BCUT2D eigenvalue weighted by molar-refractivity contribution is 1.13. The number of nitrogens with two attached hydrogens (primary N) is 1. The van der Waals surface area contributed by atoms with Crippen LogP contribution < -0.4 is 5.73 Å². The average Bonchev–Trinajstić information content (AvgIpc) is 2.99. The van der Waals surface area contributed by atoms with Crippen LogP contribution in [0.15, 0.2) is 54.3 Å². The molecule has 2 aliphatic carbocycles. The molecule has 0 fully saturated rings. The lowest BCUT2D eigenvalue weighted by Gasteiger charge is -1.96. The number of anilines is 1. The number of imidazole rings is 1. The second kappa shape index (κ2) is 5.27. The van der Waals surface area contributed by atoms with Crippen LogP contribution in [0, 0.1) is 12.3 Å². The number of hydrogen-bond acceptors (Lipinski definition) is 4. The minimum Gasteiger partial charge on any atom is -0.383 e. The SMILES string of the molecule is C#Cc1ccsc1-c1nc2cnccn2c1N.c1cc2cc-2c1. The van der Waals surface area contributed by atoms with E-state index >= 15 is 0 Å². The van der Waals surface area contributed by atoms with Crippen LogP contribution in [-0.2, 0) is 0 Å². The van der Waals surface area contributed by atoms with E-state index in [0.717, 1.165) is 21.8 Å². The van der Waals surface area contributed by atoms with Gasteiger partial charge in [-0.15, -0.1) is 17.8 Å². The minimum atomic E-state index is 0.585. The molecule has 0 bridgehead atoms. The maximum absolute atomic E-state index is 6.06. The number of terminal acetylenes is 1. The fourth-order valence-electron chi connectivity index (χ4n) is 2.37. The van der Waals surface area contributed by atoms with Crippen molar-refractivity contribution in [2.45, 2.75) is 0 Å². The zero-order chi connectivity index (χ0) is 15.8. The molecule has 3 aromatic rings. The lowest BCUT2D eigenvalue weighted by Crippen LogP contribution is -1.93. The quantitative estimate of drug-likeness (QED) is 0.480. The van der Waals surface area contributed by atoms with Gasteiger partial charge < -0.3 is 5.73 Å². The Morgan fingerprint density at radius 1 is 1.22 bits per heavy atom. The summed E-state index contributed by atoms with van der Waals surface area (Å²) in [5.74, 6) is 3.22. The van der Waals surface area contributed by atoms with Crippen LogP contribution in [0.2, 0.25) is 0 Å². The highest BCUT2D eigenvalue weighted by atomic mass is 32.1. The maximum Gasteiger partial charge on any atom is 0.157 e. The molecule has 2 N–H and O–H groups in total. The lowest BCUT2D eigenvalue weighted by atomic mass is 10.2. The third kappa shape index (κ3) is 2.35. The van der Waals surface area contributed by atoms with Crippen molar-refractivity contribution in [1.29, 1.82) is 0 Å². The van der Waals surface area contributed by atoms with Gasteiger partial charge in [0.2, 0.25) is 0 Å². The van der Waals surface area contributed by atoms with Gasteiger partial charge in [0.25, 0.3) is 0 Å². The number of nitrogens with zero attached hydrogens (tertiary/aromatic N) is 3. The number of thiophene rings is 1. The van der Waals surface area contributed by atoms with E-state index in [-0.39, 0.29) is 0 Å². The third-order valence-corrected chi connectivity index (χ3v) is 4.54. The molecule has 0 radical (unpaired) electrons. The normalized spacial score (nSPS) is 10.7. The number of rotatable bonds is 1. The van der Waals surface area contributed by atoms with Crippen LogP contribution in [0.5, 0.6) is 0 Å². The van der Waals surface area contributed by atoms with Gasteiger partial charge in [-0.1, -0.05) is 24.1 Å². The predicted molar refractivity (Wildman–Crippen MR) is 94.1 cm³/mol. The van der Waals surface area contributed by atoms with E-state index in [1.54, 1.807) is 23.0 Å². The summed E-state index contributed by atoms with van der Waals surface area (Å²) in [4.78, 5) is 9.39. The van der Waals surface area contributed by atoms with Crippen molar-refractivity contribution < 1.29 is 0 Å². The van der Waals surface area contributed by atoms with Crippen molar-refractivity contribution in [2.24, 2.45) is 0 Å². The standard InChI is InChI=1S/C12H8N4S.C6H4/c1-2-8-3-6-17-11(8)10-12(13)16-5-4-14-7-9(16)15-10;1-2-5-4-6(5)3-1/h1,3-7H,13H2;1-4H. The molecule has 3 heterocycles. The number of benzene rings is 1. The van der Waals surface area contributed by atoms with Gasteiger partial charge >= 0.3 is 0 Å². The first-order valence-electron chi connectivity index (χ1n) is 7.00. The molecule has 0 unspecified atom stereocenters. The zero-order valence-electron chi connectivity index (χ0n) is 12.1. The van der Waals surface area contributed by atoms with E-state index in [1.807, 2.05) is 11.4 Å². The molecule has 5 rings (SSSR count). The van der Waals surface area contributed by atoms with Crippen molar-refractivity contribution in [3.8, 4) is 34.0 Å². The van der Waals surface area contributed by atoms with Crippen LogP contribution in [0.3, 0.4) is 0 Å². The summed E-state index contributed by atoms with van der Waals surface area (Å²) in [6, 6.07) is 10.4. The smallest absolute Gasteiger partial charge is 0.157 e. The molecule has 0 atom stereocenters. The van der Waals surface area contributed by atoms with Gasteiger partial charge in [0.1, 0.15) is 11.5 Å². The predicted octanol–water partition coefficient (Wildman–Crippen LogP) is 3.69. The molecular weight excluding hydrogens is 304 g/mol. The van der Waals surface area contributed by atoms with Crippen LogP contribution >= 0.6 is 11.3 Å². The van der Waals surface area contributed by atoms with Crippen LogP contribution in [0.1, 0.15) is 5.56 Å². The van der Waals surface area contributed by atoms with Crippen molar-refractivity contribution in [3.63, 3.8) is 0 Å². The van der Waals surface area contributed by atoms with Crippen LogP contribution in [-0.4, -0.2) is 14.4 Å². The van der Waals surface area contributed by atoms with Crippen molar-refractivity contribution in [2.75, 3.05) is 5.73 Å². The Kier molecular flexibility index (Phi) is 3.11. The van der Waals surface area contributed by atoms with Crippen molar-refractivity contribution in [3.05, 3.63) is 59.9 Å². The molecule has 23 heavy (non-hydrogen) atoms. The minimum absolute atomic E-state index is 0.585. The maximum atomic E-state index is 6.06. The van der Waals surface area contributed by atoms with E-state index in [0.29, 0.717) is 5.82 Å². The highest BCUT2D eigenvalue weighted by molar-refractivity contribution is 7.13. The van der Waals surface area contributed by atoms with E-state index < -0.39 is 0 Å².